The van der Waals surface area contributed by atoms with Crippen molar-refractivity contribution in [2.45, 2.75) is 12.0 Å². The number of nitrogens with two attached hydrogens (primary N) is 1. The van der Waals surface area contributed by atoms with Crippen molar-refractivity contribution in [3.05, 3.63) is 69.1 Å². The van der Waals surface area contributed by atoms with E-state index in [2.05, 4.69) is 0 Å². The van der Waals surface area contributed by atoms with Gasteiger partial charge in [0.1, 0.15) is 24.5 Å². The van der Waals surface area contributed by atoms with E-state index in [9.17, 15) is 24.3 Å². The zero-order valence-corrected chi connectivity index (χ0v) is 17.0. The Labute approximate surface area is 180 Å². The first-order valence-electron chi connectivity index (χ1n) is 9.34. The van der Waals surface area contributed by atoms with Crippen molar-refractivity contribution in [1.82, 2.24) is 0 Å². The number of anilines is 1. The summed E-state index contributed by atoms with van der Waals surface area (Å²) in [6.07, 6.45) is 0. The Morgan fingerprint density at radius 1 is 1.19 bits per heavy atom. The van der Waals surface area contributed by atoms with Gasteiger partial charge in [-0.1, -0.05) is 18.2 Å². The lowest BCUT2D eigenvalue weighted by atomic mass is 9.71. The van der Waals surface area contributed by atoms with Crippen molar-refractivity contribution in [3.63, 3.8) is 0 Å². The number of hydrogen-bond acceptors (Lipinski definition) is 10. The average Bonchev–Trinajstić information content (AvgIpc) is 3.03. The fourth-order valence-corrected chi connectivity index (χ4v) is 4.03. The molecule has 0 unspecified atom stereocenters. The number of aliphatic hydroxyl groups excluding tert-OH is 1. The predicted octanol–water partition coefficient (Wildman–Crippen LogP) is -0.327. The number of methoxy groups -OCH3 is 2. The van der Waals surface area contributed by atoms with Crippen LogP contribution in [0, 0.1) is 0 Å². The second kappa shape index (κ2) is 7.54. The second-order valence-corrected chi connectivity index (χ2v) is 6.96. The molecule has 0 aliphatic carbocycles. The van der Waals surface area contributed by atoms with Gasteiger partial charge in [0.05, 0.1) is 14.2 Å². The Bertz CT molecular complexity index is 1250. The molecule has 0 bridgehead atoms. The van der Waals surface area contributed by atoms with Crippen molar-refractivity contribution in [2.24, 2.45) is 5.73 Å². The van der Waals surface area contributed by atoms with Gasteiger partial charge < -0.3 is 29.5 Å². The van der Waals surface area contributed by atoms with Gasteiger partial charge in [0.2, 0.25) is 17.1 Å². The van der Waals surface area contributed by atoms with Gasteiger partial charge in [-0.05, 0) is 6.07 Å². The van der Waals surface area contributed by atoms with Gasteiger partial charge in [-0.25, -0.2) is 4.79 Å². The summed E-state index contributed by atoms with van der Waals surface area (Å²) < 4.78 is 20.7. The highest BCUT2D eigenvalue weighted by Crippen LogP contribution is 2.55. The highest BCUT2D eigenvalue weighted by Gasteiger charge is 2.63. The Morgan fingerprint density at radius 2 is 1.91 bits per heavy atom. The third-order valence-corrected chi connectivity index (χ3v) is 5.35. The molecule has 1 spiro atoms. The molecule has 32 heavy (non-hydrogen) atoms. The molecule has 3 heterocycles. The summed E-state index contributed by atoms with van der Waals surface area (Å²) in [6, 6.07) is 7.30. The van der Waals surface area contributed by atoms with Gasteiger partial charge in [0, 0.05) is 17.3 Å². The molecule has 11 nitrogen and oxygen atoms in total. The minimum absolute atomic E-state index is 0.168. The summed E-state index contributed by atoms with van der Waals surface area (Å²) in [4.78, 5) is 52.7. The molecular formula is C21H18N2O9. The lowest BCUT2D eigenvalue weighted by Crippen LogP contribution is -2.50. The van der Waals surface area contributed by atoms with Crippen LogP contribution < -0.4 is 20.8 Å². The molecule has 1 aromatic heterocycles. The molecule has 1 aromatic carbocycles. The number of fused-ring (bicyclic) bond motifs is 4. The van der Waals surface area contributed by atoms with Crippen molar-refractivity contribution >= 4 is 23.5 Å². The van der Waals surface area contributed by atoms with Gasteiger partial charge in [-0.3, -0.25) is 19.3 Å². The van der Waals surface area contributed by atoms with Crippen molar-refractivity contribution in [3.8, 4) is 5.75 Å². The van der Waals surface area contributed by atoms with Crippen LogP contribution >= 0.6 is 0 Å². The molecule has 1 atom stereocenters. The van der Waals surface area contributed by atoms with Gasteiger partial charge in [-0.2, -0.15) is 0 Å². The quantitative estimate of drug-likeness (QED) is 0.601. The summed E-state index contributed by atoms with van der Waals surface area (Å²) in [5.41, 5.74) is 3.25. The minimum Gasteiger partial charge on any atom is -0.468 e. The third-order valence-electron chi connectivity index (χ3n) is 5.35. The summed E-state index contributed by atoms with van der Waals surface area (Å²) in [5.74, 6) is -4.01. The molecule has 11 heteroatoms. The molecule has 1 amide bonds. The van der Waals surface area contributed by atoms with Crippen molar-refractivity contribution in [2.75, 3.05) is 25.7 Å². The first-order chi connectivity index (χ1) is 15.3. The second-order valence-electron chi connectivity index (χ2n) is 6.96. The first-order valence-corrected chi connectivity index (χ1v) is 9.34. The summed E-state index contributed by atoms with van der Waals surface area (Å²) in [6.45, 7) is -1.14. The standard InChI is InChI=1S/C21H18N2O9/c1-29-14(26)8-23-12-6-4-3-5-11(12)21(20(23)28)15(19(27)30-2)18(22)32-16-13(25)7-10(9-24)31-17(16)21/h3-7,24H,8-9,22H2,1-2H3/t21-/m0/s1. The number of rotatable bonds is 4. The maximum Gasteiger partial charge on any atom is 0.341 e. The van der Waals surface area contributed by atoms with E-state index in [0.717, 1.165) is 18.1 Å². The van der Waals surface area contributed by atoms with Crippen LogP contribution in [0.1, 0.15) is 17.1 Å². The van der Waals surface area contributed by atoms with E-state index >= 15 is 0 Å². The van der Waals surface area contributed by atoms with Crippen LogP contribution in [0.2, 0.25) is 0 Å². The van der Waals surface area contributed by atoms with E-state index in [4.69, 9.17) is 24.4 Å². The molecule has 0 radical (unpaired) electrons. The highest BCUT2D eigenvalue weighted by atomic mass is 16.5. The van der Waals surface area contributed by atoms with Gasteiger partial charge >= 0.3 is 11.9 Å². The van der Waals surface area contributed by atoms with E-state index in [0.29, 0.717) is 0 Å². The number of nitrogens with zero attached hydrogens (tertiary/aromatic N) is 1. The monoisotopic (exact) mass is 442 g/mol. The van der Waals surface area contributed by atoms with Crippen LogP contribution in [0.15, 0.2) is 51.0 Å². The molecule has 0 saturated carbocycles. The number of para-hydroxylation sites is 1. The highest BCUT2D eigenvalue weighted by molar-refractivity contribution is 6.19. The van der Waals surface area contributed by atoms with E-state index in [1.54, 1.807) is 18.2 Å². The fourth-order valence-electron chi connectivity index (χ4n) is 4.03. The number of carbonyl (C=O) groups is 3. The molecule has 0 fully saturated rings. The van der Waals surface area contributed by atoms with Crippen LogP contribution in [-0.2, 0) is 35.9 Å². The molecule has 4 rings (SSSR count). The Morgan fingerprint density at radius 3 is 2.56 bits per heavy atom. The molecule has 3 N–H and O–H groups in total. The van der Waals surface area contributed by atoms with E-state index < -0.39 is 59.0 Å². The lowest BCUT2D eigenvalue weighted by molar-refractivity contribution is -0.140. The number of ether oxygens (including phenoxy) is 3. The molecular weight excluding hydrogens is 424 g/mol. The Kier molecular flexibility index (Phi) is 4.97. The van der Waals surface area contributed by atoms with Gasteiger partial charge in [-0.15, -0.1) is 0 Å². The van der Waals surface area contributed by atoms with Gasteiger partial charge in [0.25, 0.3) is 5.91 Å². The van der Waals surface area contributed by atoms with E-state index in [1.165, 1.54) is 13.2 Å². The van der Waals surface area contributed by atoms with Crippen LogP contribution in [-0.4, -0.2) is 43.7 Å². The van der Waals surface area contributed by atoms with Crippen LogP contribution in [0.3, 0.4) is 0 Å². The SMILES string of the molecule is COC(=O)CN1C(=O)[C@]2(C(C(=O)OC)=C(N)Oc3c2oc(CO)cc3=O)c2ccccc21. The van der Waals surface area contributed by atoms with E-state index in [1.807, 2.05) is 0 Å². The fraction of sp³-hybridized carbons (Fsp3) is 0.238. The number of esters is 2. The lowest BCUT2D eigenvalue weighted by Gasteiger charge is -2.34. The van der Waals surface area contributed by atoms with Crippen LogP contribution in [0.4, 0.5) is 5.69 Å². The zero-order chi connectivity index (χ0) is 23.2. The first kappa shape index (κ1) is 21.1. The molecule has 2 aliphatic heterocycles. The average molecular weight is 442 g/mol. The molecule has 2 aliphatic rings. The summed E-state index contributed by atoms with van der Waals surface area (Å²) in [5, 5.41) is 9.57. The largest absolute Gasteiger partial charge is 0.468 e. The number of amides is 1. The maximum absolute atomic E-state index is 14.0. The normalized spacial score (nSPS) is 18.8. The third kappa shape index (κ3) is 2.71. The minimum atomic E-state index is -2.10. The topological polar surface area (TPSA) is 159 Å². The number of aliphatic hydroxyl groups is 1. The number of benzene rings is 1. The summed E-state index contributed by atoms with van der Waals surface area (Å²) in [7, 11) is 2.25. The Balaban J connectivity index is 2.14. The smallest absolute Gasteiger partial charge is 0.341 e. The van der Waals surface area contributed by atoms with Gasteiger partial charge in [0.15, 0.2) is 11.2 Å². The Hall–Kier alpha value is -4.12. The summed E-state index contributed by atoms with van der Waals surface area (Å²) >= 11 is 0. The van der Waals surface area contributed by atoms with Crippen LogP contribution in [0.5, 0.6) is 5.75 Å². The van der Waals surface area contributed by atoms with Crippen molar-refractivity contribution < 1.29 is 38.1 Å². The predicted molar refractivity (Wildman–Crippen MR) is 106 cm³/mol. The molecule has 166 valence electrons. The molecule has 0 saturated heterocycles. The van der Waals surface area contributed by atoms with Crippen molar-refractivity contribution in [1.29, 1.82) is 0 Å². The maximum atomic E-state index is 14.0. The van der Waals surface area contributed by atoms with E-state index in [-0.39, 0.29) is 22.8 Å². The molecule has 2 aromatic rings. The van der Waals surface area contributed by atoms with Crippen LogP contribution in [0.25, 0.3) is 0 Å². The zero-order valence-electron chi connectivity index (χ0n) is 17.0. The number of carbonyl (C=O) groups excluding carboxylic acids is 3. The number of hydrogen-bond donors (Lipinski definition) is 2.